The average molecular weight is 353 g/mol. The van der Waals surface area contributed by atoms with Crippen molar-refractivity contribution >= 4 is 11.7 Å². The molecule has 1 heterocycles. The van der Waals surface area contributed by atoms with Gasteiger partial charge in [-0.3, -0.25) is 0 Å². The van der Waals surface area contributed by atoms with E-state index >= 15 is 0 Å². The number of fused-ring (bicyclic) bond motifs is 2. The lowest BCUT2D eigenvalue weighted by Gasteiger charge is -2.35. The molecule has 0 amide bonds. The van der Waals surface area contributed by atoms with Gasteiger partial charge in [0.15, 0.2) is 0 Å². The molecular formula is C15H13F6NO2. The molecule has 2 aliphatic rings. The van der Waals surface area contributed by atoms with E-state index in [-0.39, 0.29) is 23.7 Å². The molecule has 132 valence electrons. The van der Waals surface area contributed by atoms with Crippen LogP contribution in [0.4, 0.5) is 32.0 Å². The summed E-state index contributed by atoms with van der Waals surface area (Å²) in [5.41, 5.74) is -3.20. The van der Waals surface area contributed by atoms with E-state index in [0.29, 0.717) is 31.4 Å². The van der Waals surface area contributed by atoms with Crippen molar-refractivity contribution in [2.45, 2.75) is 43.7 Å². The number of carboxylic acid groups (broad SMARTS) is 1. The lowest BCUT2D eigenvalue weighted by molar-refractivity contribution is -0.143. The van der Waals surface area contributed by atoms with Crippen molar-refractivity contribution in [3.05, 3.63) is 29.3 Å². The van der Waals surface area contributed by atoms with Gasteiger partial charge in [-0.25, -0.2) is 4.79 Å². The van der Waals surface area contributed by atoms with Crippen molar-refractivity contribution in [1.82, 2.24) is 0 Å². The Morgan fingerprint density at radius 3 is 2.00 bits per heavy atom. The van der Waals surface area contributed by atoms with Crippen LogP contribution in [0.1, 0.15) is 30.4 Å². The minimum Gasteiger partial charge on any atom is -0.480 e. The maximum atomic E-state index is 13.0. The molecule has 1 N–H and O–H groups in total. The maximum Gasteiger partial charge on any atom is 0.416 e. The van der Waals surface area contributed by atoms with Gasteiger partial charge in [-0.2, -0.15) is 26.3 Å². The van der Waals surface area contributed by atoms with Gasteiger partial charge in [0.1, 0.15) is 6.04 Å². The summed E-state index contributed by atoms with van der Waals surface area (Å²) in [6, 6.07) is -0.181. The predicted molar refractivity (Wildman–Crippen MR) is 71.5 cm³/mol. The fourth-order valence-electron chi connectivity index (χ4n) is 3.76. The fourth-order valence-corrected chi connectivity index (χ4v) is 3.76. The predicted octanol–water partition coefficient (Wildman–Crippen LogP) is 4.17. The highest BCUT2D eigenvalue weighted by atomic mass is 19.4. The van der Waals surface area contributed by atoms with Crippen LogP contribution >= 0.6 is 0 Å². The van der Waals surface area contributed by atoms with Gasteiger partial charge in [-0.05, 0) is 43.4 Å². The number of hydrogen-bond donors (Lipinski definition) is 1. The summed E-state index contributed by atoms with van der Waals surface area (Å²) in [7, 11) is 0. The van der Waals surface area contributed by atoms with Gasteiger partial charge in [0.25, 0.3) is 0 Å². The molecular weight excluding hydrogens is 340 g/mol. The van der Waals surface area contributed by atoms with E-state index in [0.717, 1.165) is 0 Å². The molecule has 2 bridgehead atoms. The van der Waals surface area contributed by atoms with E-state index in [4.69, 9.17) is 0 Å². The molecule has 1 saturated heterocycles. The Kier molecular flexibility index (Phi) is 3.72. The zero-order valence-electron chi connectivity index (χ0n) is 12.2. The van der Waals surface area contributed by atoms with Gasteiger partial charge < -0.3 is 10.0 Å². The molecule has 1 aromatic rings. The number of rotatable bonds is 2. The normalized spacial score (nSPS) is 26.9. The molecule has 3 nitrogen and oxygen atoms in total. The van der Waals surface area contributed by atoms with Crippen LogP contribution in [-0.4, -0.2) is 23.2 Å². The number of alkyl halides is 6. The van der Waals surface area contributed by atoms with Crippen LogP contribution in [0, 0.1) is 5.92 Å². The molecule has 1 aromatic carbocycles. The first-order chi connectivity index (χ1) is 11.0. The summed E-state index contributed by atoms with van der Waals surface area (Å²) < 4.78 is 77.8. The van der Waals surface area contributed by atoms with E-state index in [1.165, 1.54) is 4.90 Å². The molecule has 0 spiro atoms. The number of carbonyl (C=O) groups is 1. The van der Waals surface area contributed by atoms with Crippen LogP contribution in [0.25, 0.3) is 0 Å². The van der Waals surface area contributed by atoms with Gasteiger partial charge in [-0.15, -0.1) is 0 Å². The number of benzene rings is 1. The van der Waals surface area contributed by atoms with Crippen LogP contribution in [-0.2, 0) is 17.1 Å². The Morgan fingerprint density at radius 2 is 1.54 bits per heavy atom. The molecule has 1 aliphatic carbocycles. The minimum atomic E-state index is -4.95. The van der Waals surface area contributed by atoms with E-state index in [1.54, 1.807) is 0 Å². The summed E-state index contributed by atoms with van der Waals surface area (Å²) in [5.74, 6) is -1.48. The SMILES string of the molecule is O=C(O)[C@@H]1[C@H]2CC[C@H](C2)N1c1cc(C(F)(F)F)cc(C(F)(F)F)c1. The number of carboxylic acids is 1. The van der Waals surface area contributed by atoms with Gasteiger partial charge in [0, 0.05) is 11.7 Å². The third-order valence-electron chi connectivity index (χ3n) is 4.71. The molecule has 0 radical (unpaired) electrons. The Balaban J connectivity index is 2.11. The van der Waals surface area contributed by atoms with Crippen LogP contribution in [0.15, 0.2) is 18.2 Å². The Labute approximate surface area is 132 Å². The van der Waals surface area contributed by atoms with Crippen molar-refractivity contribution in [2.75, 3.05) is 4.90 Å². The number of halogens is 6. The second kappa shape index (κ2) is 5.29. The van der Waals surface area contributed by atoms with Gasteiger partial charge in [0.2, 0.25) is 0 Å². The Bertz CT molecular complexity index is 637. The summed E-state index contributed by atoms with van der Waals surface area (Å²) in [6.45, 7) is 0. The number of piperidine rings is 1. The van der Waals surface area contributed by atoms with E-state index in [1.807, 2.05) is 0 Å². The average Bonchev–Trinajstić information content (AvgIpc) is 3.05. The third kappa shape index (κ3) is 2.80. The summed E-state index contributed by atoms with van der Waals surface area (Å²) >= 11 is 0. The fraction of sp³-hybridized carbons (Fsp3) is 0.533. The lowest BCUT2D eigenvalue weighted by Crippen LogP contribution is -2.46. The summed E-state index contributed by atoms with van der Waals surface area (Å²) in [4.78, 5) is 12.7. The maximum absolute atomic E-state index is 13.0. The molecule has 3 rings (SSSR count). The van der Waals surface area contributed by atoms with Gasteiger partial charge in [-0.1, -0.05) is 0 Å². The number of anilines is 1. The molecule has 0 unspecified atom stereocenters. The zero-order chi connectivity index (χ0) is 17.9. The van der Waals surface area contributed by atoms with E-state index in [9.17, 15) is 36.2 Å². The van der Waals surface area contributed by atoms with Crippen molar-refractivity contribution in [3.8, 4) is 0 Å². The molecule has 1 saturated carbocycles. The van der Waals surface area contributed by atoms with Crippen LogP contribution in [0.5, 0.6) is 0 Å². The highest BCUT2D eigenvalue weighted by Gasteiger charge is 2.50. The molecule has 2 fully saturated rings. The third-order valence-corrected chi connectivity index (χ3v) is 4.71. The largest absolute Gasteiger partial charge is 0.480 e. The molecule has 3 atom stereocenters. The van der Waals surface area contributed by atoms with E-state index in [2.05, 4.69) is 0 Å². The summed E-state index contributed by atoms with van der Waals surface area (Å²) in [5, 5.41) is 9.34. The van der Waals surface area contributed by atoms with Crippen molar-refractivity contribution in [1.29, 1.82) is 0 Å². The number of aliphatic carboxylic acids is 1. The second-order valence-electron chi connectivity index (χ2n) is 6.18. The lowest BCUT2D eigenvalue weighted by atomic mass is 9.97. The molecule has 1 aliphatic heterocycles. The number of hydrogen-bond acceptors (Lipinski definition) is 2. The smallest absolute Gasteiger partial charge is 0.416 e. The van der Waals surface area contributed by atoms with Crippen LogP contribution < -0.4 is 4.90 Å². The standard InChI is InChI=1S/C15H13F6NO2/c16-14(17,18)8-4-9(15(19,20)21)6-11(5-8)22-10-2-1-7(3-10)12(22)13(23)24/h4-7,10,12H,1-3H2,(H,23,24)/t7-,10+,12-/m0/s1. The Morgan fingerprint density at radius 1 is 1.00 bits per heavy atom. The van der Waals surface area contributed by atoms with Crippen LogP contribution in [0.2, 0.25) is 0 Å². The van der Waals surface area contributed by atoms with Crippen molar-refractivity contribution in [3.63, 3.8) is 0 Å². The topological polar surface area (TPSA) is 40.5 Å². The zero-order valence-corrected chi connectivity index (χ0v) is 12.2. The first kappa shape index (κ1) is 16.9. The van der Waals surface area contributed by atoms with Crippen LogP contribution in [0.3, 0.4) is 0 Å². The van der Waals surface area contributed by atoms with Gasteiger partial charge in [0.05, 0.1) is 11.1 Å². The van der Waals surface area contributed by atoms with Crippen molar-refractivity contribution in [2.24, 2.45) is 5.92 Å². The quantitative estimate of drug-likeness (QED) is 0.812. The number of nitrogens with zero attached hydrogens (tertiary/aromatic N) is 1. The monoisotopic (exact) mass is 353 g/mol. The molecule has 9 heteroatoms. The molecule has 24 heavy (non-hydrogen) atoms. The first-order valence-corrected chi connectivity index (χ1v) is 7.29. The minimum absolute atomic E-state index is 0.0492. The van der Waals surface area contributed by atoms with Crippen molar-refractivity contribution < 1.29 is 36.2 Å². The highest BCUT2D eigenvalue weighted by molar-refractivity contribution is 5.80. The van der Waals surface area contributed by atoms with Gasteiger partial charge >= 0.3 is 18.3 Å². The Hall–Kier alpha value is -1.93. The first-order valence-electron chi connectivity index (χ1n) is 7.29. The van der Waals surface area contributed by atoms with E-state index < -0.39 is 35.5 Å². The second-order valence-corrected chi connectivity index (χ2v) is 6.18. The summed E-state index contributed by atoms with van der Waals surface area (Å²) in [6.07, 6.45) is -8.26. The highest BCUT2D eigenvalue weighted by Crippen LogP contribution is 2.47. The molecule has 0 aromatic heterocycles.